The van der Waals surface area contributed by atoms with Crippen LogP contribution in [0.25, 0.3) is 5.76 Å². The second-order valence-corrected chi connectivity index (χ2v) is 8.56. The lowest BCUT2D eigenvalue weighted by atomic mass is 9.94. The lowest BCUT2D eigenvalue weighted by Gasteiger charge is -2.27. The number of ketones is 1. The number of likely N-dealkylation sites (tertiary alicyclic amines) is 1. The number of aliphatic hydroxyl groups excluding tert-OH is 1. The summed E-state index contributed by atoms with van der Waals surface area (Å²) in [5.74, 6) is -0.0803. The number of methoxy groups -OCH3 is 4. The van der Waals surface area contributed by atoms with E-state index in [1.807, 2.05) is 20.8 Å². The van der Waals surface area contributed by atoms with Gasteiger partial charge >= 0.3 is 0 Å². The van der Waals surface area contributed by atoms with E-state index < -0.39 is 17.7 Å². The van der Waals surface area contributed by atoms with Gasteiger partial charge in [-0.1, -0.05) is 0 Å². The maximum absolute atomic E-state index is 13.3. The first-order valence-electron chi connectivity index (χ1n) is 11.5. The maximum atomic E-state index is 13.3. The van der Waals surface area contributed by atoms with Gasteiger partial charge in [-0.05, 0) is 62.2 Å². The Hall–Kier alpha value is -3.72. The second kappa shape index (κ2) is 11.3. The van der Waals surface area contributed by atoms with Crippen LogP contribution in [0.3, 0.4) is 0 Å². The summed E-state index contributed by atoms with van der Waals surface area (Å²) in [7, 11) is 6.00. The predicted octanol–water partition coefficient (Wildman–Crippen LogP) is 3.88. The minimum absolute atomic E-state index is 0.0385. The molecule has 1 saturated heterocycles. The Kier molecular flexibility index (Phi) is 8.47. The van der Waals surface area contributed by atoms with Gasteiger partial charge in [-0.2, -0.15) is 0 Å². The van der Waals surface area contributed by atoms with Crippen molar-refractivity contribution in [2.45, 2.75) is 32.9 Å². The van der Waals surface area contributed by atoms with Crippen LogP contribution >= 0.6 is 0 Å². The minimum Gasteiger partial charge on any atom is -0.507 e. The molecule has 0 aliphatic carbocycles. The van der Waals surface area contributed by atoms with Crippen LogP contribution in [0.15, 0.2) is 35.9 Å². The Morgan fingerprint density at radius 2 is 1.56 bits per heavy atom. The molecule has 9 nitrogen and oxygen atoms in total. The summed E-state index contributed by atoms with van der Waals surface area (Å²) in [6, 6.07) is 7.47. The predicted molar refractivity (Wildman–Crippen MR) is 134 cm³/mol. The summed E-state index contributed by atoms with van der Waals surface area (Å²) < 4.78 is 27.4. The van der Waals surface area contributed by atoms with Crippen molar-refractivity contribution in [3.05, 3.63) is 52.6 Å². The van der Waals surface area contributed by atoms with Gasteiger partial charge in [-0.15, -0.1) is 0 Å². The van der Waals surface area contributed by atoms with Crippen LogP contribution in [0.4, 0.5) is 0 Å². The van der Waals surface area contributed by atoms with Crippen LogP contribution in [-0.2, 0) is 14.3 Å². The molecule has 0 radical (unpaired) electrons. The summed E-state index contributed by atoms with van der Waals surface area (Å²) >= 11 is 0. The van der Waals surface area contributed by atoms with E-state index in [0.717, 1.165) is 5.56 Å². The number of aryl methyl sites for hydroxylation is 1. The third kappa shape index (κ3) is 5.11. The molecule has 1 atom stereocenters. The number of carbonyl (C=O) groups excluding carboxylic acids is 2. The van der Waals surface area contributed by atoms with E-state index in [-0.39, 0.29) is 30.6 Å². The summed E-state index contributed by atoms with van der Waals surface area (Å²) in [5, 5.41) is 11.3. The monoisotopic (exact) mass is 499 g/mol. The van der Waals surface area contributed by atoms with E-state index in [1.54, 1.807) is 37.4 Å². The van der Waals surface area contributed by atoms with Crippen molar-refractivity contribution in [3.63, 3.8) is 0 Å². The molecule has 194 valence electrons. The van der Waals surface area contributed by atoms with Crippen LogP contribution in [0, 0.1) is 6.92 Å². The molecule has 2 aromatic rings. The Morgan fingerprint density at radius 3 is 2.06 bits per heavy atom. The van der Waals surface area contributed by atoms with E-state index in [1.165, 1.54) is 26.2 Å². The summed E-state index contributed by atoms with van der Waals surface area (Å²) in [6.07, 6.45) is -0.0521. The van der Waals surface area contributed by atoms with Gasteiger partial charge in [0.15, 0.2) is 11.5 Å². The van der Waals surface area contributed by atoms with Crippen LogP contribution in [0.2, 0.25) is 0 Å². The standard InChI is InChI=1S/C27H33NO8/c1-15(2)36-11-10-28-23(18-13-20(33-5)26(35-7)21(14-18)34-6)22(25(30)27(28)31)24(29)17-8-9-19(32-4)16(3)12-17/h8-9,12-15,23,29H,10-11H2,1-7H3/b24-22+. The Bertz CT molecular complexity index is 1150. The van der Waals surface area contributed by atoms with E-state index in [9.17, 15) is 14.7 Å². The molecule has 0 aromatic heterocycles. The van der Waals surface area contributed by atoms with Crippen molar-refractivity contribution in [2.75, 3.05) is 41.6 Å². The van der Waals surface area contributed by atoms with E-state index >= 15 is 0 Å². The van der Waals surface area contributed by atoms with Gasteiger partial charge in [0.2, 0.25) is 5.75 Å². The number of rotatable bonds is 10. The van der Waals surface area contributed by atoms with Crippen LogP contribution in [0.1, 0.15) is 36.6 Å². The largest absolute Gasteiger partial charge is 0.507 e. The molecule has 3 rings (SSSR count). The Labute approximate surface area is 211 Å². The smallest absolute Gasteiger partial charge is 0.295 e. The third-order valence-electron chi connectivity index (χ3n) is 5.99. The fraction of sp³-hybridized carbons (Fsp3) is 0.407. The molecule has 1 heterocycles. The molecule has 1 fully saturated rings. The number of aliphatic hydroxyl groups is 1. The molecule has 9 heteroatoms. The number of Topliss-reactive ketones (excluding diaryl/α,β-unsaturated/α-hetero) is 1. The first-order valence-corrected chi connectivity index (χ1v) is 11.5. The summed E-state index contributed by atoms with van der Waals surface area (Å²) in [6.45, 7) is 5.96. The zero-order valence-corrected chi connectivity index (χ0v) is 21.7. The van der Waals surface area contributed by atoms with E-state index in [0.29, 0.717) is 34.1 Å². The molecule has 1 aliphatic rings. The molecular weight excluding hydrogens is 466 g/mol. The Morgan fingerprint density at radius 1 is 0.944 bits per heavy atom. The fourth-order valence-corrected chi connectivity index (χ4v) is 4.28. The fourth-order valence-electron chi connectivity index (χ4n) is 4.28. The van der Waals surface area contributed by atoms with E-state index in [4.69, 9.17) is 23.7 Å². The minimum atomic E-state index is -0.906. The lowest BCUT2D eigenvalue weighted by Crippen LogP contribution is -2.33. The Balaban J connectivity index is 2.23. The highest BCUT2D eigenvalue weighted by Gasteiger charge is 2.46. The van der Waals surface area contributed by atoms with Gasteiger partial charge in [-0.25, -0.2) is 0 Å². The molecule has 1 aliphatic heterocycles. The number of benzene rings is 2. The van der Waals surface area contributed by atoms with Crippen molar-refractivity contribution in [1.29, 1.82) is 0 Å². The zero-order valence-electron chi connectivity index (χ0n) is 21.7. The highest BCUT2D eigenvalue weighted by atomic mass is 16.5. The van der Waals surface area contributed by atoms with Crippen LogP contribution in [-0.4, -0.2) is 69.4 Å². The van der Waals surface area contributed by atoms with Gasteiger partial charge in [0.05, 0.1) is 52.8 Å². The number of hydrogen-bond donors (Lipinski definition) is 1. The molecule has 36 heavy (non-hydrogen) atoms. The second-order valence-electron chi connectivity index (χ2n) is 8.56. The number of hydrogen-bond acceptors (Lipinski definition) is 8. The van der Waals surface area contributed by atoms with Gasteiger partial charge in [0, 0.05) is 12.1 Å². The molecular formula is C27H33NO8. The first kappa shape index (κ1) is 26.9. The molecule has 2 aromatic carbocycles. The lowest BCUT2D eigenvalue weighted by molar-refractivity contribution is -0.140. The average molecular weight is 500 g/mol. The molecule has 1 amide bonds. The van der Waals surface area contributed by atoms with Crippen LogP contribution < -0.4 is 18.9 Å². The van der Waals surface area contributed by atoms with Crippen LogP contribution in [0.5, 0.6) is 23.0 Å². The number of nitrogens with zero attached hydrogens (tertiary/aromatic N) is 1. The molecule has 0 saturated carbocycles. The first-order chi connectivity index (χ1) is 17.2. The number of ether oxygens (including phenoxy) is 5. The molecule has 1 unspecified atom stereocenters. The van der Waals surface area contributed by atoms with Gasteiger partial charge in [0.1, 0.15) is 11.5 Å². The zero-order chi connectivity index (χ0) is 26.6. The topological polar surface area (TPSA) is 104 Å². The van der Waals surface area contributed by atoms with Crippen molar-refractivity contribution in [3.8, 4) is 23.0 Å². The van der Waals surface area contributed by atoms with Crippen molar-refractivity contribution in [1.82, 2.24) is 4.90 Å². The van der Waals surface area contributed by atoms with Gasteiger partial charge < -0.3 is 33.7 Å². The summed E-state index contributed by atoms with van der Waals surface area (Å²) in [5.41, 5.74) is 1.64. The average Bonchev–Trinajstić information content (AvgIpc) is 3.12. The van der Waals surface area contributed by atoms with Crippen molar-refractivity contribution >= 4 is 17.4 Å². The van der Waals surface area contributed by atoms with E-state index in [2.05, 4.69) is 0 Å². The van der Waals surface area contributed by atoms with Crippen molar-refractivity contribution in [2.24, 2.45) is 0 Å². The SMILES string of the molecule is COc1ccc(/C(O)=C2\C(=O)C(=O)N(CCOC(C)C)C2c2cc(OC)c(OC)c(OC)c2)cc1C. The maximum Gasteiger partial charge on any atom is 0.295 e. The molecule has 0 bridgehead atoms. The highest BCUT2D eigenvalue weighted by molar-refractivity contribution is 6.46. The highest BCUT2D eigenvalue weighted by Crippen LogP contribution is 2.45. The molecule has 0 spiro atoms. The molecule has 1 N–H and O–H groups in total. The quantitative estimate of drug-likeness (QED) is 0.299. The normalized spacial score (nSPS) is 17.0. The van der Waals surface area contributed by atoms with Gasteiger partial charge in [0.25, 0.3) is 11.7 Å². The van der Waals surface area contributed by atoms with Gasteiger partial charge in [-0.3, -0.25) is 9.59 Å². The summed E-state index contributed by atoms with van der Waals surface area (Å²) in [4.78, 5) is 27.9. The number of amides is 1. The number of carbonyl (C=O) groups is 2. The van der Waals surface area contributed by atoms with Crippen molar-refractivity contribution < 1.29 is 38.4 Å². The third-order valence-corrected chi connectivity index (χ3v) is 5.99.